The zero-order valence-electron chi connectivity index (χ0n) is 13.6. The highest BCUT2D eigenvalue weighted by molar-refractivity contribution is 6.14. The van der Waals surface area contributed by atoms with Gasteiger partial charge in [0, 0.05) is 30.1 Å². The molecule has 0 saturated carbocycles. The first-order valence-electron chi connectivity index (χ1n) is 7.85. The lowest BCUT2D eigenvalue weighted by Gasteiger charge is -2.24. The van der Waals surface area contributed by atoms with Crippen LogP contribution in [0.1, 0.15) is 5.56 Å². The van der Waals surface area contributed by atoms with Gasteiger partial charge in [-0.1, -0.05) is 0 Å². The maximum absolute atomic E-state index is 9.79. The van der Waals surface area contributed by atoms with Gasteiger partial charge < -0.3 is 25.2 Å². The summed E-state index contributed by atoms with van der Waals surface area (Å²) in [5, 5.41) is 22.5. The molecule has 6 heteroatoms. The van der Waals surface area contributed by atoms with E-state index in [4.69, 9.17) is 9.73 Å². The highest BCUT2D eigenvalue weighted by Crippen LogP contribution is 2.33. The Morgan fingerprint density at radius 3 is 2.68 bits per heavy atom. The third-order valence-electron chi connectivity index (χ3n) is 4.20. The second kappa shape index (κ2) is 5.90. The van der Waals surface area contributed by atoms with Crippen molar-refractivity contribution in [2.75, 3.05) is 18.6 Å². The fraction of sp³-hybridized carbons (Fsp3) is 0.105. The SMILES string of the molecule is COc1cc(N2CC=C3NC=C(c4ccc(O)cc4)N=C32)ccc1O. The van der Waals surface area contributed by atoms with Gasteiger partial charge in [-0.25, -0.2) is 4.99 Å². The van der Waals surface area contributed by atoms with Crippen molar-refractivity contribution in [3.63, 3.8) is 0 Å². The van der Waals surface area contributed by atoms with Crippen LogP contribution in [0.4, 0.5) is 5.69 Å². The van der Waals surface area contributed by atoms with Crippen LogP contribution in [0, 0.1) is 0 Å². The number of amidine groups is 1. The summed E-state index contributed by atoms with van der Waals surface area (Å²) in [6.45, 7) is 0.672. The summed E-state index contributed by atoms with van der Waals surface area (Å²) in [6, 6.07) is 12.1. The Labute approximate surface area is 145 Å². The predicted molar refractivity (Wildman–Crippen MR) is 96.7 cm³/mol. The number of phenolic OH excluding ortho intramolecular Hbond substituents is 2. The summed E-state index contributed by atoms with van der Waals surface area (Å²) < 4.78 is 5.20. The van der Waals surface area contributed by atoms with Gasteiger partial charge in [0.05, 0.1) is 18.5 Å². The summed E-state index contributed by atoms with van der Waals surface area (Å²) in [6.07, 6.45) is 3.91. The number of ether oxygens (including phenoxy) is 1. The average Bonchev–Trinajstić information content (AvgIpc) is 3.06. The molecule has 0 amide bonds. The first-order valence-corrected chi connectivity index (χ1v) is 7.85. The van der Waals surface area contributed by atoms with Crippen molar-refractivity contribution in [1.82, 2.24) is 5.32 Å². The summed E-state index contributed by atoms with van der Waals surface area (Å²) in [5.74, 6) is 1.55. The molecule has 0 unspecified atom stereocenters. The average molecular weight is 335 g/mol. The van der Waals surface area contributed by atoms with Crippen molar-refractivity contribution in [3.8, 4) is 17.2 Å². The summed E-state index contributed by atoms with van der Waals surface area (Å²) in [4.78, 5) is 6.81. The molecule has 3 N–H and O–H groups in total. The van der Waals surface area contributed by atoms with Crippen molar-refractivity contribution in [1.29, 1.82) is 0 Å². The van der Waals surface area contributed by atoms with E-state index in [2.05, 4.69) is 11.4 Å². The maximum Gasteiger partial charge on any atom is 0.162 e. The summed E-state index contributed by atoms with van der Waals surface area (Å²) in [5.41, 5.74) is 3.51. The van der Waals surface area contributed by atoms with Crippen molar-refractivity contribution in [3.05, 3.63) is 66.0 Å². The lowest BCUT2D eigenvalue weighted by molar-refractivity contribution is 0.373. The number of nitrogens with one attached hydrogen (secondary N) is 1. The summed E-state index contributed by atoms with van der Waals surface area (Å²) >= 11 is 0. The Kier molecular flexibility index (Phi) is 3.57. The third kappa shape index (κ3) is 2.67. The zero-order valence-corrected chi connectivity index (χ0v) is 13.6. The first-order chi connectivity index (χ1) is 12.2. The Balaban J connectivity index is 1.69. The number of phenols is 2. The molecule has 0 aliphatic carbocycles. The lowest BCUT2D eigenvalue weighted by Crippen LogP contribution is -2.31. The third-order valence-corrected chi connectivity index (χ3v) is 4.20. The van der Waals surface area contributed by atoms with Gasteiger partial charge in [0.2, 0.25) is 0 Å². The fourth-order valence-electron chi connectivity index (χ4n) is 2.88. The molecule has 2 aromatic carbocycles. The number of methoxy groups -OCH3 is 1. The van der Waals surface area contributed by atoms with Crippen molar-refractivity contribution >= 4 is 17.2 Å². The van der Waals surface area contributed by atoms with Gasteiger partial charge in [0.25, 0.3) is 0 Å². The first kappa shape index (κ1) is 15.1. The number of benzene rings is 2. The molecule has 2 aliphatic rings. The van der Waals surface area contributed by atoms with Crippen LogP contribution < -0.4 is 15.0 Å². The van der Waals surface area contributed by atoms with Gasteiger partial charge in [-0.3, -0.25) is 0 Å². The molecule has 0 atom stereocenters. The van der Waals surface area contributed by atoms with Gasteiger partial charge in [-0.2, -0.15) is 0 Å². The molecule has 2 aromatic rings. The van der Waals surface area contributed by atoms with E-state index in [9.17, 15) is 10.2 Å². The Morgan fingerprint density at radius 2 is 1.92 bits per heavy atom. The quantitative estimate of drug-likeness (QED) is 0.804. The van der Waals surface area contributed by atoms with E-state index in [1.807, 2.05) is 29.3 Å². The van der Waals surface area contributed by atoms with E-state index in [1.165, 1.54) is 7.11 Å². The number of anilines is 1. The van der Waals surface area contributed by atoms with Gasteiger partial charge in [-0.05, 0) is 42.5 Å². The largest absolute Gasteiger partial charge is 0.508 e. The van der Waals surface area contributed by atoms with Crippen LogP contribution in [-0.4, -0.2) is 29.7 Å². The number of hydrogen-bond acceptors (Lipinski definition) is 6. The van der Waals surface area contributed by atoms with E-state index in [1.54, 1.807) is 24.3 Å². The normalized spacial score (nSPS) is 15.7. The van der Waals surface area contributed by atoms with Crippen LogP contribution in [0.3, 0.4) is 0 Å². The minimum absolute atomic E-state index is 0.104. The summed E-state index contributed by atoms with van der Waals surface area (Å²) in [7, 11) is 1.53. The fourth-order valence-corrected chi connectivity index (χ4v) is 2.88. The highest BCUT2D eigenvalue weighted by atomic mass is 16.5. The molecule has 0 bridgehead atoms. The van der Waals surface area contributed by atoms with Crippen molar-refractivity contribution in [2.24, 2.45) is 4.99 Å². The topological polar surface area (TPSA) is 77.3 Å². The van der Waals surface area contributed by atoms with E-state index in [-0.39, 0.29) is 11.5 Å². The molecule has 2 heterocycles. The van der Waals surface area contributed by atoms with Crippen LogP contribution in [0.5, 0.6) is 17.2 Å². The number of fused-ring (bicyclic) bond motifs is 1. The number of aliphatic imine (C=N–C) groups is 1. The number of hydrogen-bond donors (Lipinski definition) is 3. The number of rotatable bonds is 3. The Bertz CT molecular complexity index is 914. The van der Waals surface area contributed by atoms with E-state index >= 15 is 0 Å². The molecule has 2 aliphatic heterocycles. The monoisotopic (exact) mass is 335 g/mol. The molecule has 0 saturated heterocycles. The molecule has 0 aromatic heterocycles. The van der Waals surface area contributed by atoms with E-state index in [0.29, 0.717) is 12.3 Å². The van der Waals surface area contributed by atoms with Crippen LogP contribution >= 0.6 is 0 Å². The van der Waals surface area contributed by atoms with Gasteiger partial charge in [-0.15, -0.1) is 0 Å². The Morgan fingerprint density at radius 1 is 1.12 bits per heavy atom. The van der Waals surface area contributed by atoms with Crippen LogP contribution in [0.25, 0.3) is 5.70 Å². The molecule has 0 fully saturated rings. The molecule has 0 spiro atoms. The predicted octanol–water partition coefficient (Wildman–Crippen LogP) is 2.81. The molecular weight excluding hydrogens is 318 g/mol. The smallest absolute Gasteiger partial charge is 0.162 e. The van der Waals surface area contributed by atoms with Crippen LogP contribution in [-0.2, 0) is 0 Å². The minimum Gasteiger partial charge on any atom is -0.508 e. The lowest BCUT2D eigenvalue weighted by atomic mass is 10.1. The molecule has 126 valence electrons. The molecule has 4 rings (SSSR count). The molecule has 0 radical (unpaired) electrons. The minimum atomic E-state index is 0.104. The van der Waals surface area contributed by atoms with Crippen LogP contribution in [0.2, 0.25) is 0 Å². The van der Waals surface area contributed by atoms with Crippen molar-refractivity contribution in [2.45, 2.75) is 0 Å². The van der Waals surface area contributed by atoms with Gasteiger partial charge in [0.1, 0.15) is 5.75 Å². The second-order valence-corrected chi connectivity index (χ2v) is 5.74. The zero-order chi connectivity index (χ0) is 17.4. The Hall–Kier alpha value is -3.41. The van der Waals surface area contributed by atoms with Crippen molar-refractivity contribution < 1.29 is 14.9 Å². The van der Waals surface area contributed by atoms with Gasteiger partial charge >= 0.3 is 0 Å². The standard InChI is InChI=1S/C19H17N3O3/c1-25-18-10-13(4-7-17(18)24)22-9-8-15-19(22)21-16(11-20-15)12-2-5-14(23)6-3-12/h2-8,10-11,20,23-24H,9H2,1H3. The van der Waals surface area contributed by atoms with Gasteiger partial charge in [0.15, 0.2) is 17.3 Å². The molecule has 25 heavy (non-hydrogen) atoms. The van der Waals surface area contributed by atoms with E-state index < -0.39 is 0 Å². The number of nitrogens with zero attached hydrogens (tertiary/aromatic N) is 2. The van der Waals surface area contributed by atoms with E-state index in [0.717, 1.165) is 28.5 Å². The highest BCUT2D eigenvalue weighted by Gasteiger charge is 2.26. The molecule has 6 nitrogen and oxygen atoms in total. The maximum atomic E-state index is 9.79. The second-order valence-electron chi connectivity index (χ2n) is 5.74. The van der Waals surface area contributed by atoms with Crippen LogP contribution in [0.15, 0.2) is 65.4 Å². The molecular formula is C19H17N3O3. The number of aromatic hydroxyl groups is 2.